The van der Waals surface area contributed by atoms with Crippen molar-refractivity contribution in [3.63, 3.8) is 0 Å². The van der Waals surface area contributed by atoms with Gasteiger partial charge in [-0.1, -0.05) is 182 Å². The van der Waals surface area contributed by atoms with E-state index in [1.165, 1.54) is 61.2 Å². The molecule has 10 aromatic rings. The second kappa shape index (κ2) is 21.2. The average molecular weight is 996 g/mol. The molecule has 0 bridgehead atoms. The maximum absolute atomic E-state index is 5.19. The molecule has 1 heterocycles. The quantitative estimate of drug-likeness (QED) is 0.107. The number of hydrogen-bond acceptors (Lipinski definition) is 3. The highest BCUT2D eigenvalue weighted by atomic mass is 15.2. The third-order valence-electron chi connectivity index (χ3n) is 15.7. The molecule has 0 amide bonds. The lowest BCUT2D eigenvalue weighted by molar-refractivity contribution is 0.731. The Morgan fingerprint density at radius 3 is 1.47 bits per heavy atom. The molecule has 0 aromatic heterocycles. The largest absolute Gasteiger partial charge is 0.311 e. The van der Waals surface area contributed by atoms with Crippen LogP contribution in [0.4, 0.5) is 45.5 Å². The van der Waals surface area contributed by atoms with Gasteiger partial charge in [-0.15, -0.1) is 0 Å². The summed E-state index contributed by atoms with van der Waals surface area (Å²) in [4.78, 5) is 7.18. The molecule has 1 aliphatic heterocycles. The maximum atomic E-state index is 5.19. The lowest BCUT2D eigenvalue weighted by Gasteiger charge is -2.47. The van der Waals surface area contributed by atoms with Crippen molar-refractivity contribution in [1.29, 1.82) is 0 Å². The predicted octanol–water partition coefficient (Wildman–Crippen LogP) is 20.3. The van der Waals surface area contributed by atoms with E-state index in [0.717, 1.165) is 67.9 Å². The van der Waals surface area contributed by atoms with Crippen molar-refractivity contribution in [2.24, 2.45) is 0 Å². The molecule has 1 unspecified atom stereocenters. The molecule has 0 saturated carbocycles. The Morgan fingerprint density at radius 1 is 0.403 bits per heavy atom. The molecule has 11 rings (SSSR count). The van der Waals surface area contributed by atoms with Gasteiger partial charge in [-0.2, -0.15) is 0 Å². The number of anilines is 8. The van der Waals surface area contributed by atoms with Gasteiger partial charge < -0.3 is 14.7 Å². The zero-order valence-corrected chi connectivity index (χ0v) is 45.3. The Morgan fingerprint density at radius 2 is 0.883 bits per heavy atom. The summed E-state index contributed by atoms with van der Waals surface area (Å²) in [5.41, 5.74) is 25.5. The van der Waals surface area contributed by atoms with Crippen LogP contribution in [0.15, 0.2) is 273 Å². The van der Waals surface area contributed by atoms with E-state index in [2.05, 4.69) is 318 Å². The molecule has 0 fully saturated rings. The number of para-hydroxylation sites is 1. The van der Waals surface area contributed by atoms with Crippen molar-refractivity contribution in [2.45, 2.75) is 53.9 Å². The molecule has 1 atom stereocenters. The monoisotopic (exact) mass is 996 g/mol. The standard InChI is InChI=1S/C74H65N3/c1-9-63(75(68-38-27-53(4)55(6)49-68)64-41-30-60(31-42-64)58-18-12-10-13-19-58)40-29-57(8)74(70-22-16-17-23-72(70)77(67-36-24-51(2)25-37-67)73-47-26-52(3)48-71(73)74)62-34-45-66(46-35-62)76(69-39-28-54(5)56(7)50-69)65-43-32-61(33-44-65)59-20-14-11-15-21-59/h9-50H,8H2,1-7H3/b40-29-,63-9+. The highest BCUT2D eigenvalue weighted by Gasteiger charge is 2.46. The van der Waals surface area contributed by atoms with Crippen molar-refractivity contribution < 1.29 is 0 Å². The van der Waals surface area contributed by atoms with Crippen LogP contribution in [0.3, 0.4) is 0 Å². The van der Waals surface area contributed by atoms with Crippen LogP contribution in [0.2, 0.25) is 0 Å². The first-order chi connectivity index (χ1) is 37.5. The van der Waals surface area contributed by atoms with Crippen LogP contribution in [0.5, 0.6) is 0 Å². The maximum Gasteiger partial charge on any atom is 0.0736 e. The second-order valence-corrected chi connectivity index (χ2v) is 20.6. The molecule has 0 aliphatic carbocycles. The third kappa shape index (κ3) is 9.51. The average Bonchev–Trinajstić information content (AvgIpc) is 3.66. The number of aryl methyl sites for hydroxylation is 6. The van der Waals surface area contributed by atoms with Crippen LogP contribution in [0, 0.1) is 41.5 Å². The van der Waals surface area contributed by atoms with Crippen molar-refractivity contribution in [1.82, 2.24) is 0 Å². The number of allylic oxidation sites excluding steroid dienone is 4. The van der Waals surface area contributed by atoms with Crippen molar-refractivity contribution in [3.05, 3.63) is 323 Å². The summed E-state index contributed by atoms with van der Waals surface area (Å²) in [5, 5.41) is 0. The SMILES string of the molecule is C=C(/C=C\C(=C/C)N(c1ccc(-c2ccccc2)cc1)c1ccc(C)c(C)c1)C1(c2ccc(N(c3ccc(-c4ccccc4)cc3)c3ccc(C)c(C)c3)cc2)c2ccccc2N(c2ccc(C)cc2)c2ccc(C)cc21. The molecule has 1 aliphatic rings. The fourth-order valence-corrected chi connectivity index (χ4v) is 11.2. The third-order valence-corrected chi connectivity index (χ3v) is 15.7. The van der Waals surface area contributed by atoms with E-state index in [1.807, 2.05) is 0 Å². The molecule has 3 heteroatoms. The topological polar surface area (TPSA) is 9.72 Å². The minimum Gasteiger partial charge on any atom is -0.311 e. The lowest BCUT2D eigenvalue weighted by Crippen LogP contribution is -2.38. The minimum absolute atomic E-state index is 0.821. The summed E-state index contributed by atoms with van der Waals surface area (Å²) in [6, 6.07) is 86.7. The molecule has 77 heavy (non-hydrogen) atoms. The number of rotatable bonds is 13. The number of fused-ring (bicyclic) bond motifs is 2. The minimum atomic E-state index is -0.821. The van der Waals surface area contributed by atoms with E-state index >= 15 is 0 Å². The van der Waals surface area contributed by atoms with Crippen LogP contribution in [-0.4, -0.2) is 0 Å². The zero-order chi connectivity index (χ0) is 53.2. The van der Waals surface area contributed by atoms with Crippen molar-refractivity contribution >= 4 is 45.5 Å². The highest BCUT2D eigenvalue weighted by Crippen LogP contribution is 2.58. The van der Waals surface area contributed by atoms with Crippen LogP contribution in [0.1, 0.15) is 57.0 Å². The second-order valence-electron chi connectivity index (χ2n) is 20.6. The fraction of sp³-hybridized carbons (Fsp3) is 0.108. The van der Waals surface area contributed by atoms with Gasteiger partial charge >= 0.3 is 0 Å². The van der Waals surface area contributed by atoms with E-state index in [-0.39, 0.29) is 0 Å². The molecule has 0 spiro atoms. The smallest absolute Gasteiger partial charge is 0.0736 e. The van der Waals surface area contributed by atoms with Gasteiger partial charge in [-0.25, -0.2) is 0 Å². The van der Waals surface area contributed by atoms with E-state index in [4.69, 9.17) is 6.58 Å². The van der Waals surface area contributed by atoms with E-state index in [0.29, 0.717) is 0 Å². The van der Waals surface area contributed by atoms with Crippen LogP contribution >= 0.6 is 0 Å². The van der Waals surface area contributed by atoms with Gasteiger partial charge in [0.15, 0.2) is 0 Å². The van der Waals surface area contributed by atoms with Gasteiger partial charge in [-0.05, 0) is 206 Å². The van der Waals surface area contributed by atoms with Gasteiger partial charge in [0.25, 0.3) is 0 Å². The Kier molecular flexibility index (Phi) is 13.8. The van der Waals surface area contributed by atoms with Crippen LogP contribution in [-0.2, 0) is 5.41 Å². The number of hydrogen-bond donors (Lipinski definition) is 0. The van der Waals surface area contributed by atoms with Gasteiger partial charge in [0.05, 0.1) is 16.8 Å². The zero-order valence-electron chi connectivity index (χ0n) is 45.3. The van der Waals surface area contributed by atoms with E-state index in [1.54, 1.807) is 0 Å². The Balaban J connectivity index is 1.08. The summed E-state index contributed by atoms with van der Waals surface area (Å²) < 4.78 is 0. The Bertz CT molecular complexity index is 3810. The molecule has 376 valence electrons. The normalized spacial score (nSPS) is 14.0. The Labute approximate surface area is 456 Å². The summed E-state index contributed by atoms with van der Waals surface area (Å²) in [6.07, 6.45) is 6.75. The first kappa shape index (κ1) is 50.0. The molecular formula is C74H65N3. The fourth-order valence-electron chi connectivity index (χ4n) is 11.2. The summed E-state index contributed by atoms with van der Waals surface area (Å²) >= 11 is 0. The van der Waals surface area contributed by atoms with Gasteiger partial charge in [-0.3, -0.25) is 0 Å². The Hall–Kier alpha value is -9.18. The first-order valence-electron chi connectivity index (χ1n) is 26.8. The van der Waals surface area contributed by atoms with Crippen LogP contribution in [0.25, 0.3) is 22.3 Å². The van der Waals surface area contributed by atoms with E-state index < -0.39 is 5.41 Å². The molecule has 0 radical (unpaired) electrons. The molecular weight excluding hydrogens is 931 g/mol. The molecule has 10 aromatic carbocycles. The summed E-state index contributed by atoms with van der Waals surface area (Å²) in [6.45, 7) is 20.4. The summed E-state index contributed by atoms with van der Waals surface area (Å²) in [5.74, 6) is 0. The van der Waals surface area contributed by atoms with Gasteiger partial charge in [0.1, 0.15) is 0 Å². The number of benzene rings is 10. The van der Waals surface area contributed by atoms with Crippen LogP contribution < -0.4 is 14.7 Å². The predicted molar refractivity (Wildman–Crippen MR) is 328 cm³/mol. The number of nitrogens with zero attached hydrogens (tertiary/aromatic N) is 3. The van der Waals surface area contributed by atoms with Crippen molar-refractivity contribution in [2.75, 3.05) is 14.7 Å². The summed E-state index contributed by atoms with van der Waals surface area (Å²) in [7, 11) is 0. The van der Waals surface area contributed by atoms with Crippen molar-refractivity contribution in [3.8, 4) is 22.3 Å². The lowest BCUT2D eigenvalue weighted by atomic mass is 9.62. The molecule has 0 N–H and O–H groups in total. The molecule has 3 nitrogen and oxygen atoms in total. The highest BCUT2D eigenvalue weighted by molar-refractivity contribution is 5.90. The first-order valence-corrected chi connectivity index (χ1v) is 26.8. The van der Waals surface area contributed by atoms with E-state index in [9.17, 15) is 0 Å². The van der Waals surface area contributed by atoms with Gasteiger partial charge in [0, 0.05) is 39.8 Å². The van der Waals surface area contributed by atoms with Gasteiger partial charge in [0.2, 0.25) is 0 Å². The molecule has 0 saturated heterocycles.